The Morgan fingerprint density at radius 3 is 0.0667 bits per heavy atom. The van der Waals surface area contributed by atoms with E-state index in [0.717, 1.165) is 0 Å². The first-order valence-corrected chi connectivity index (χ1v) is 0. The molecule has 45 heteroatoms. The molecule has 0 amide bonds. The summed E-state index contributed by atoms with van der Waals surface area (Å²) in [6, 6.07) is 0. The van der Waals surface area contributed by atoms with Crippen LogP contribution in [0.4, 0.5) is 0 Å². The van der Waals surface area contributed by atoms with Crippen molar-refractivity contribution in [1.82, 2.24) is 0 Å². The maximum absolute atomic E-state index is 0. The van der Waals surface area contributed by atoms with Crippen LogP contribution in [0.2, 0.25) is 0 Å². The summed E-state index contributed by atoms with van der Waals surface area (Å²) >= 11 is 0. The van der Waals surface area contributed by atoms with Crippen molar-refractivity contribution >= 4 is 0 Å². The summed E-state index contributed by atoms with van der Waals surface area (Å²) in [5.74, 6) is 0. The fraction of sp³-hybridized carbons (Fsp3) is 0. The second-order valence-corrected chi connectivity index (χ2v) is 0. The third-order valence-corrected chi connectivity index (χ3v) is 0. The van der Waals surface area contributed by atoms with E-state index in [2.05, 4.69) is 0 Å². The van der Waals surface area contributed by atoms with E-state index in [9.17, 15) is 0 Å². The van der Waals surface area contributed by atoms with E-state index >= 15 is 0 Å². The van der Waals surface area contributed by atoms with Gasteiger partial charge >= 0.3 is 0 Å². The molecule has 0 saturated carbocycles. The van der Waals surface area contributed by atoms with E-state index in [1.54, 1.807) is 0 Å². The Kier molecular flexibility index (Phi) is 353000. The third-order valence-electron chi connectivity index (χ3n) is 0. The van der Waals surface area contributed by atoms with Crippen LogP contribution in [0.1, 0.15) is 0 Å². The summed E-state index contributed by atoms with van der Waals surface area (Å²) in [7, 11) is 0. The quantitative estimate of drug-likeness (QED) is 0.161. The first-order valence-electron chi connectivity index (χ1n) is 0. The van der Waals surface area contributed by atoms with Gasteiger partial charge in [-0.15, -0.1) is 0 Å². The largest absolute Gasteiger partial charge is 0.457 e. The number of hydrogen-bond acceptors (Lipinski definition) is 0. The molecule has 340 valence electrons. The van der Waals surface area contributed by atoms with Gasteiger partial charge in [0.05, 0.1) is 0 Å². The van der Waals surface area contributed by atoms with Gasteiger partial charge in [0.1, 0.15) is 0 Å². The molecule has 0 aliphatic rings. The molecule has 0 radical (unpaired) electrons. The second kappa shape index (κ2) is 3870. The molecule has 0 fully saturated rings. The molecule has 0 heterocycles. The van der Waals surface area contributed by atoms with Gasteiger partial charge < -0.3 is 192 Å². The second-order valence-electron chi connectivity index (χ2n) is 0. The van der Waals surface area contributed by atoms with Crippen LogP contribution in [-0.4, -0.2) is 175 Å². The van der Waals surface area contributed by atoms with Crippen molar-refractivity contribution in [3.05, 3.63) is 0 Å². The summed E-state index contributed by atoms with van der Waals surface area (Å²) in [5.41, 5.74) is 0. The van der Waals surface area contributed by atoms with Gasteiger partial charge in [-0.05, 0) is 0 Å². The summed E-state index contributed by atoms with van der Waals surface area (Å²) in [6.45, 7) is 0. The minimum Gasteiger partial charge on any atom is -0.457 e. The zero-order valence-corrected chi connectivity index (χ0v) is 41.9. The first kappa shape index (κ1) is 4110. The standard InChI is InChI=1S/10Mo.35H2O/h;;;;;;;;;;35*1H2/p+3. The van der Waals surface area contributed by atoms with Gasteiger partial charge in [-0.25, -0.2) is 0 Å². The van der Waals surface area contributed by atoms with Gasteiger partial charge in [0.25, 0.3) is 0 Å². The topological polar surface area (TPSA) is 1110 Å². The zero-order valence-electron chi connectivity index (χ0n) is 21.8. The minimum absolute atomic E-state index is 0. The molecule has 35 nitrogen and oxygen atoms in total. The minimum atomic E-state index is 0. The van der Waals surface area contributed by atoms with E-state index in [4.69, 9.17) is 0 Å². The first-order chi connectivity index (χ1) is 0. The van der Waals surface area contributed by atoms with Gasteiger partial charge in [0, 0.05) is 211 Å². The molecule has 0 aromatic carbocycles. The van der Waals surface area contributed by atoms with E-state index in [1.807, 2.05) is 0 Å². The van der Waals surface area contributed by atoms with Crippen LogP contribution in [-0.2, 0) is 227 Å². The van der Waals surface area contributed by atoms with Crippen LogP contribution in [0, 0.1) is 0 Å². The molecule has 0 aliphatic carbocycles. The fourth-order valence-corrected chi connectivity index (χ4v) is 0. The molecule has 0 rings (SSSR count). The maximum Gasteiger partial charge on any atom is 0 e. The van der Waals surface area contributed by atoms with E-state index in [-0.39, 0.29) is 402 Å². The predicted molar refractivity (Wildman–Crippen MR) is 130 cm³/mol. The van der Waals surface area contributed by atoms with Gasteiger partial charge in [-0.2, -0.15) is 0 Å². The zero-order chi connectivity index (χ0) is 0. The molecule has 0 aromatic rings. The van der Waals surface area contributed by atoms with Crippen molar-refractivity contribution in [3.8, 4) is 0 Å². The van der Waals surface area contributed by atoms with Crippen LogP contribution in [0.15, 0.2) is 0 Å². The van der Waals surface area contributed by atoms with Gasteiger partial charge in [-0.3, -0.25) is 0 Å². The van der Waals surface area contributed by atoms with E-state index in [0.29, 0.717) is 0 Å². The predicted octanol–water partition coefficient (Wildman–Crippen LogP) is -29.2. The Bertz CT molecular complexity index is 34.4. The SMILES string of the molecule is O.O.O.O.O.O.O.O.O.O.O.O.O.O.O.O.O.O.O.O.O.O.O.O.O.O.O.O.O.O.O.O.[Mo].[Mo].[Mo].[Mo].[Mo].[Mo].[Mo].[Mo].[Mo].[Mo].[OH3+].[OH3+].[OH3+]. The molecule has 0 atom stereocenters. The Morgan fingerprint density at radius 2 is 0.0667 bits per heavy atom. The molecule has 0 aliphatic heterocycles. The van der Waals surface area contributed by atoms with E-state index in [1.165, 1.54) is 0 Å². The molecular formula is H73Mo10O35+3. The third kappa shape index (κ3) is 3710. The maximum atomic E-state index is 0. The average molecular weight is 1590 g/mol. The van der Waals surface area contributed by atoms with Crippen LogP contribution < -0.4 is 0 Å². The van der Waals surface area contributed by atoms with Crippen LogP contribution in [0.5, 0.6) is 0 Å². The summed E-state index contributed by atoms with van der Waals surface area (Å²) < 4.78 is 0. The Balaban J connectivity index is 0. The molecule has 0 aromatic heterocycles. The van der Waals surface area contributed by atoms with Gasteiger partial charge in [0.2, 0.25) is 0 Å². The van der Waals surface area contributed by atoms with Crippen molar-refractivity contribution in [2.45, 2.75) is 0 Å². The van der Waals surface area contributed by atoms with Crippen molar-refractivity contribution in [1.29, 1.82) is 0 Å². The monoisotopic (exact) mass is 1610 g/mol. The van der Waals surface area contributed by atoms with Gasteiger partial charge in [0.15, 0.2) is 0 Å². The Hall–Kier alpha value is 5.48. The van der Waals surface area contributed by atoms with Crippen molar-refractivity contribution in [2.24, 2.45) is 0 Å². The summed E-state index contributed by atoms with van der Waals surface area (Å²) in [5, 5.41) is 0. The van der Waals surface area contributed by atoms with Crippen LogP contribution in [0.3, 0.4) is 0 Å². The summed E-state index contributed by atoms with van der Waals surface area (Å²) in [4.78, 5) is 0. The van der Waals surface area contributed by atoms with Crippen molar-refractivity contribution < 1.29 is 402 Å². The number of hydrogen-bond donors (Lipinski definition) is 0. The average Bonchev–Trinajstić information content (AvgIpc) is 0. The Labute approximate surface area is 397 Å². The van der Waals surface area contributed by atoms with Crippen LogP contribution in [0.25, 0.3) is 0 Å². The molecule has 0 unspecified atom stereocenters. The van der Waals surface area contributed by atoms with Crippen LogP contribution >= 0.6 is 0 Å². The molecule has 73 N–H and O–H groups in total. The Morgan fingerprint density at radius 1 is 0.0667 bits per heavy atom. The molecule has 0 bridgehead atoms. The van der Waals surface area contributed by atoms with Crippen molar-refractivity contribution in [3.63, 3.8) is 0 Å². The molecule has 0 saturated heterocycles. The number of rotatable bonds is 0. The molecule has 45 heavy (non-hydrogen) atoms. The molecule has 0 spiro atoms. The van der Waals surface area contributed by atoms with E-state index < -0.39 is 0 Å². The normalized spacial score (nSPS) is 0. The smallest absolute Gasteiger partial charge is 0 e. The molecular weight excluding hydrogens is 1520 g/mol. The van der Waals surface area contributed by atoms with Gasteiger partial charge in [-0.1, -0.05) is 0 Å². The summed E-state index contributed by atoms with van der Waals surface area (Å²) in [6.07, 6.45) is 0. The van der Waals surface area contributed by atoms with Crippen molar-refractivity contribution in [2.75, 3.05) is 0 Å². The fourth-order valence-electron chi connectivity index (χ4n) is 0.